The normalized spacial score (nSPS) is 10.5. The zero-order valence-electron chi connectivity index (χ0n) is 8.57. The van der Waals surface area contributed by atoms with Gasteiger partial charge in [-0.25, -0.2) is 9.97 Å². The summed E-state index contributed by atoms with van der Waals surface area (Å²) in [5.41, 5.74) is 2.05. The van der Waals surface area contributed by atoms with Gasteiger partial charge in [0.05, 0.1) is 12.1 Å². The van der Waals surface area contributed by atoms with Crippen molar-refractivity contribution in [2.45, 2.75) is 6.92 Å². The van der Waals surface area contributed by atoms with Crippen molar-refractivity contribution in [3.05, 3.63) is 30.1 Å². The third-order valence-electron chi connectivity index (χ3n) is 2.28. The van der Waals surface area contributed by atoms with Crippen molar-refractivity contribution in [3.8, 4) is 0 Å². The van der Waals surface area contributed by atoms with Crippen LogP contribution in [0, 0.1) is 6.92 Å². The second-order valence-corrected chi connectivity index (χ2v) is 3.34. The minimum Gasteiger partial charge on any atom is -0.395 e. The Hall–Kier alpha value is -1.68. The number of aromatic nitrogens is 2. The number of nitrogens with one attached hydrogen (secondary N) is 1. The summed E-state index contributed by atoms with van der Waals surface area (Å²) in [6, 6.07) is 5.95. The summed E-state index contributed by atoms with van der Waals surface area (Å²) in [5, 5.41) is 12.9. The highest BCUT2D eigenvalue weighted by atomic mass is 16.3. The van der Waals surface area contributed by atoms with Crippen LogP contribution in [0.5, 0.6) is 0 Å². The first-order valence-electron chi connectivity index (χ1n) is 4.88. The Balaban J connectivity index is 2.53. The average Bonchev–Trinajstić information content (AvgIpc) is 2.26. The number of fused-ring (bicyclic) bond motifs is 1. The summed E-state index contributed by atoms with van der Waals surface area (Å²) in [4.78, 5) is 8.37. The van der Waals surface area contributed by atoms with Gasteiger partial charge in [0.25, 0.3) is 0 Å². The van der Waals surface area contributed by atoms with Gasteiger partial charge < -0.3 is 10.4 Å². The van der Waals surface area contributed by atoms with Crippen LogP contribution in [0.25, 0.3) is 10.9 Å². The van der Waals surface area contributed by atoms with Gasteiger partial charge in [-0.05, 0) is 18.6 Å². The molecule has 78 valence electrons. The molecule has 2 N–H and O–H groups in total. The van der Waals surface area contributed by atoms with Crippen molar-refractivity contribution in [1.82, 2.24) is 9.97 Å². The number of aliphatic hydroxyl groups excluding tert-OH is 1. The zero-order valence-corrected chi connectivity index (χ0v) is 8.57. The third-order valence-corrected chi connectivity index (χ3v) is 2.28. The summed E-state index contributed by atoms with van der Waals surface area (Å²) >= 11 is 0. The molecule has 0 radical (unpaired) electrons. The molecule has 4 nitrogen and oxygen atoms in total. The molecule has 0 saturated heterocycles. The minimum absolute atomic E-state index is 0.0946. The topological polar surface area (TPSA) is 58.0 Å². The van der Waals surface area contributed by atoms with E-state index in [9.17, 15) is 0 Å². The summed E-state index contributed by atoms with van der Waals surface area (Å²) in [5.74, 6) is 0.784. The first-order valence-corrected chi connectivity index (χ1v) is 4.88. The lowest BCUT2D eigenvalue weighted by Crippen LogP contribution is -2.08. The van der Waals surface area contributed by atoms with Crippen molar-refractivity contribution >= 4 is 16.7 Å². The third kappa shape index (κ3) is 1.89. The first-order chi connectivity index (χ1) is 7.33. The van der Waals surface area contributed by atoms with Crippen molar-refractivity contribution in [2.24, 2.45) is 0 Å². The van der Waals surface area contributed by atoms with Crippen LogP contribution in [-0.4, -0.2) is 28.2 Å². The second kappa shape index (κ2) is 4.23. The fourth-order valence-electron chi connectivity index (χ4n) is 1.59. The number of rotatable bonds is 3. The number of hydrogen-bond donors (Lipinski definition) is 2. The Morgan fingerprint density at radius 2 is 2.20 bits per heavy atom. The predicted molar refractivity (Wildman–Crippen MR) is 59.9 cm³/mol. The van der Waals surface area contributed by atoms with Crippen LogP contribution in [-0.2, 0) is 0 Å². The zero-order chi connectivity index (χ0) is 10.7. The number of hydrogen-bond acceptors (Lipinski definition) is 4. The van der Waals surface area contributed by atoms with Crippen LogP contribution in [0.4, 0.5) is 5.82 Å². The molecule has 1 aromatic heterocycles. The quantitative estimate of drug-likeness (QED) is 0.790. The van der Waals surface area contributed by atoms with Crippen LogP contribution in [0.15, 0.2) is 24.5 Å². The van der Waals surface area contributed by atoms with Gasteiger partial charge in [-0.15, -0.1) is 0 Å². The lowest BCUT2D eigenvalue weighted by molar-refractivity contribution is 0.311. The van der Waals surface area contributed by atoms with E-state index in [4.69, 9.17) is 5.11 Å². The Bertz CT molecular complexity index is 465. The van der Waals surface area contributed by atoms with Gasteiger partial charge >= 0.3 is 0 Å². The maximum atomic E-state index is 8.76. The van der Waals surface area contributed by atoms with Gasteiger partial charge in [0.15, 0.2) is 0 Å². The summed E-state index contributed by atoms with van der Waals surface area (Å²) in [6.07, 6.45) is 1.53. The van der Waals surface area contributed by atoms with Gasteiger partial charge in [0.2, 0.25) is 0 Å². The number of nitrogens with zero attached hydrogens (tertiary/aromatic N) is 2. The lowest BCUT2D eigenvalue weighted by Gasteiger charge is -2.08. The van der Waals surface area contributed by atoms with E-state index in [1.54, 1.807) is 0 Å². The molecule has 4 heteroatoms. The highest BCUT2D eigenvalue weighted by Gasteiger charge is 2.04. The summed E-state index contributed by atoms with van der Waals surface area (Å²) < 4.78 is 0. The van der Waals surface area contributed by atoms with E-state index in [-0.39, 0.29) is 6.61 Å². The SMILES string of the molecule is Cc1cccc2ncnc(NCCO)c12. The molecule has 0 fully saturated rings. The van der Waals surface area contributed by atoms with Crippen molar-refractivity contribution in [2.75, 3.05) is 18.5 Å². The minimum atomic E-state index is 0.0946. The van der Waals surface area contributed by atoms with Crippen molar-refractivity contribution in [3.63, 3.8) is 0 Å². The molecular formula is C11H13N3O. The monoisotopic (exact) mass is 203 g/mol. The Labute approximate surface area is 88.0 Å². The van der Waals surface area contributed by atoms with E-state index in [1.165, 1.54) is 6.33 Å². The van der Waals surface area contributed by atoms with Gasteiger partial charge in [-0.1, -0.05) is 12.1 Å². The molecule has 15 heavy (non-hydrogen) atoms. The van der Waals surface area contributed by atoms with E-state index in [0.29, 0.717) is 6.54 Å². The fourth-order valence-corrected chi connectivity index (χ4v) is 1.59. The average molecular weight is 203 g/mol. The Morgan fingerprint density at radius 1 is 1.33 bits per heavy atom. The van der Waals surface area contributed by atoms with E-state index in [2.05, 4.69) is 15.3 Å². The molecule has 2 rings (SSSR count). The van der Waals surface area contributed by atoms with Crippen molar-refractivity contribution < 1.29 is 5.11 Å². The number of benzene rings is 1. The Morgan fingerprint density at radius 3 is 3.00 bits per heavy atom. The van der Waals surface area contributed by atoms with Crippen LogP contribution in [0.3, 0.4) is 0 Å². The molecule has 0 spiro atoms. The molecule has 0 aliphatic heterocycles. The molecule has 0 saturated carbocycles. The van der Waals surface area contributed by atoms with Crippen LogP contribution >= 0.6 is 0 Å². The van der Waals surface area contributed by atoms with Gasteiger partial charge in [0.1, 0.15) is 12.1 Å². The molecule has 1 aromatic carbocycles. The molecule has 0 atom stereocenters. The van der Waals surface area contributed by atoms with E-state index in [1.807, 2.05) is 25.1 Å². The van der Waals surface area contributed by atoms with E-state index >= 15 is 0 Å². The van der Waals surface area contributed by atoms with Gasteiger partial charge in [0, 0.05) is 11.9 Å². The number of aryl methyl sites for hydroxylation is 1. The largest absolute Gasteiger partial charge is 0.395 e. The molecule has 2 aromatic rings. The standard InChI is InChI=1S/C11H13N3O/c1-8-3-2-4-9-10(8)11(12-5-6-15)14-7-13-9/h2-4,7,15H,5-6H2,1H3,(H,12,13,14). The smallest absolute Gasteiger partial charge is 0.137 e. The van der Waals surface area contributed by atoms with Gasteiger partial charge in [-0.3, -0.25) is 0 Å². The lowest BCUT2D eigenvalue weighted by atomic mass is 10.1. The van der Waals surface area contributed by atoms with Crippen LogP contribution in [0.2, 0.25) is 0 Å². The van der Waals surface area contributed by atoms with E-state index in [0.717, 1.165) is 22.3 Å². The van der Waals surface area contributed by atoms with Crippen molar-refractivity contribution in [1.29, 1.82) is 0 Å². The maximum absolute atomic E-state index is 8.76. The highest BCUT2D eigenvalue weighted by molar-refractivity contribution is 5.91. The molecule has 1 heterocycles. The maximum Gasteiger partial charge on any atom is 0.137 e. The number of aliphatic hydroxyl groups is 1. The van der Waals surface area contributed by atoms with E-state index < -0.39 is 0 Å². The molecule has 0 unspecified atom stereocenters. The molecular weight excluding hydrogens is 190 g/mol. The first kappa shape index (κ1) is 9.86. The molecule has 0 amide bonds. The predicted octanol–water partition coefficient (Wildman–Crippen LogP) is 1.34. The second-order valence-electron chi connectivity index (χ2n) is 3.34. The van der Waals surface area contributed by atoms with Crippen LogP contribution in [0.1, 0.15) is 5.56 Å². The molecule has 0 bridgehead atoms. The highest BCUT2D eigenvalue weighted by Crippen LogP contribution is 2.22. The fraction of sp³-hybridized carbons (Fsp3) is 0.273. The summed E-state index contributed by atoms with van der Waals surface area (Å²) in [7, 11) is 0. The molecule has 0 aliphatic carbocycles. The number of anilines is 1. The van der Waals surface area contributed by atoms with Crippen LogP contribution < -0.4 is 5.32 Å². The molecule has 0 aliphatic rings. The Kier molecular flexibility index (Phi) is 2.78. The van der Waals surface area contributed by atoms with Gasteiger partial charge in [-0.2, -0.15) is 0 Å². The summed E-state index contributed by atoms with van der Waals surface area (Å²) in [6.45, 7) is 2.62.